The fourth-order valence-corrected chi connectivity index (χ4v) is 2.58. The minimum absolute atomic E-state index is 0.173. The zero-order chi connectivity index (χ0) is 13.7. The Morgan fingerprint density at radius 2 is 2.21 bits per heavy atom. The number of hydrogen-bond donors (Lipinski definition) is 1. The maximum Gasteiger partial charge on any atom is 0.243 e. The quantitative estimate of drug-likeness (QED) is 0.873. The fourth-order valence-electron chi connectivity index (χ4n) is 1.67. The lowest BCUT2D eigenvalue weighted by Crippen LogP contribution is -2.11. The minimum atomic E-state index is -0.173. The molecule has 0 fully saturated rings. The Hall–Kier alpha value is -0.850. The maximum atomic E-state index is 6.00. The highest BCUT2D eigenvalue weighted by molar-refractivity contribution is 9.10. The van der Waals surface area contributed by atoms with Crippen LogP contribution in [-0.2, 0) is 6.42 Å². The highest BCUT2D eigenvalue weighted by Gasteiger charge is 2.15. The summed E-state index contributed by atoms with van der Waals surface area (Å²) in [5.74, 6) is 2.18. The van der Waals surface area contributed by atoms with Crippen molar-refractivity contribution in [1.82, 2.24) is 10.1 Å². The molecule has 0 aliphatic heterocycles. The van der Waals surface area contributed by atoms with Gasteiger partial charge in [0.05, 0.1) is 6.04 Å². The van der Waals surface area contributed by atoms with Crippen molar-refractivity contribution in [1.29, 1.82) is 0 Å². The van der Waals surface area contributed by atoms with Crippen LogP contribution in [-0.4, -0.2) is 22.1 Å². The van der Waals surface area contributed by atoms with E-state index < -0.39 is 0 Å². The first-order valence-corrected chi connectivity index (χ1v) is 8.19. The van der Waals surface area contributed by atoms with E-state index in [0.717, 1.165) is 22.2 Å². The molecule has 0 bridgehead atoms. The van der Waals surface area contributed by atoms with Crippen molar-refractivity contribution in [3.05, 3.63) is 46.0 Å². The Morgan fingerprint density at radius 3 is 2.95 bits per heavy atom. The van der Waals surface area contributed by atoms with E-state index in [1.165, 1.54) is 0 Å². The molecule has 6 heteroatoms. The molecule has 19 heavy (non-hydrogen) atoms. The molecule has 0 aliphatic rings. The molecular weight excluding hydrogens is 326 g/mol. The summed E-state index contributed by atoms with van der Waals surface area (Å²) < 4.78 is 6.27. The van der Waals surface area contributed by atoms with Gasteiger partial charge in [-0.1, -0.05) is 39.3 Å². The maximum absolute atomic E-state index is 6.00. The van der Waals surface area contributed by atoms with E-state index >= 15 is 0 Å². The van der Waals surface area contributed by atoms with Crippen molar-refractivity contribution < 1.29 is 4.52 Å². The van der Waals surface area contributed by atoms with Crippen molar-refractivity contribution in [2.45, 2.75) is 18.9 Å². The van der Waals surface area contributed by atoms with Gasteiger partial charge < -0.3 is 10.3 Å². The van der Waals surface area contributed by atoms with Gasteiger partial charge in [0.2, 0.25) is 5.89 Å². The SMILES string of the molecule is CSCCC(N)c1nc(Cc2ccccc2Br)no1. The fraction of sp³-hybridized carbons (Fsp3) is 0.385. The second kappa shape index (κ2) is 7.07. The average Bonchev–Trinajstić information content (AvgIpc) is 2.87. The molecule has 0 spiro atoms. The van der Waals surface area contributed by atoms with Gasteiger partial charge in [-0.25, -0.2) is 0 Å². The first-order valence-electron chi connectivity index (χ1n) is 6.01. The average molecular weight is 342 g/mol. The normalized spacial score (nSPS) is 12.6. The third kappa shape index (κ3) is 4.06. The molecule has 4 nitrogen and oxygen atoms in total. The number of rotatable bonds is 6. The van der Waals surface area contributed by atoms with Gasteiger partial charge in [0.25, 0.3) is 0 Å². The van der Waals surface area contributed by atoms with Gasteiger partial charge in [0.15, 0.2) is 5.82 Å². The van der Waals surface area contributed by atoms with Crippen LogP contribution in [0, 0.1) is 0 Å². The first kappa shape index (κ1) is 14.6. The van der Waals surface area contributed by atoms with Gasteiger partial charge in [0, 0.05) is 10.9 Å². The monoisotopic (exact) mass is 341 g/mol. The summed E-state index contributed by atoms with van der Waals surface area (Å²) in [4.78, 5) is 4.37. The molecule has 1 heterocycles. The Labute approximate surface area is 125 Å². The molecular formula is C13H16BrN3OS. The van der Waals surface area contributed by atoms with E-state index in [2.05, 4.69) is 32.3 Å². The van der Waals surface area contributed by atoms with Crippen molar-refractivity contribution in [2.75, 3.05) is 12.0 Å². The molecule has 1 aromatic carbocycles. The largest absolute Gasteiger partial charge is 0.338 e. The van der Waals surface area contributed by atoms with Crippen LogP contribution in [0.2, 0.25) is 0 Å². The smallest absolute Gasteiger partial charge is 0.243 e. The van der Waals surface area contributed by atoms with Gasteiger partial charge in [-0.2, -0.15) is 16.7 Å². The molecule has 0 aliphatic carbocycles. The second-order valence-corrected chi connectivity index (χ2v) is 6.04. The number of nitrogens with zero attached hydrogens (tertiary/aromatic N) is 2. The van der Waals surface area contributed by atoms with Gasteiger partial charge in [0.1, 0.15) is 0 Å². The number of hydrogen-bond acceptors (Lipinski definition) is 5. The summed E-state index contributed by atoms with van der Waals surface area (Å²) in [6, 6.07) is 7.83. The predicted octanol–water partition coefficient (Wildman–Crippen LogP) is 3.18. The zero-order valence-electron chi connectivity index (χ0n) is 10.7. The lowest BCUT2D eigenvalue weighted by atomic mass is 10.1. The van der Waals surface area contributed by atoms with Crippen molar-refractivity contribution >= 4 is 27.7 Å². The van der Waals surface area contributed by atoms with Crippen LogP contribution < -0.4 is 5.73 Å². The van der Waals surface area contributed by atoms with E-state index in [4.69, 9.17) is 10.3 Å². The highest BCUT2D eigenvalue weighted by atomic mass is 79.9. The topological polar surface area (TPSA) is 64.9 Å². The Morgan fingerprint density at radius 1 is 1.42 bits per heavy atom. The van der Waals surface area contributed by atoms with Crippen molar-refractivity contribution in [3.63, 3.8) is 0 Å². The zero-order valence-corrected chi connectivity index (χ0v) is 13.1. The van der Waals surface area contributed by atoms with Gasteiger partial charge in [-0.05, 0) is 30.1 Å². The highest BCUT2D eigenvalue weighted by Crippen LogP contribution is 2.20. The van der Waals surface area contributed by atoms with Crippen LogP contribution in [0.15, 0.2) is 33.3 Å². The van der Waals surface area contributed by atoms with Crippen LogP contribution in [0.4, 0.5) is 0 Å². The summed E-state index contributed by atoms with van der Waals surface area (Å²) in [6.45, 7) is 0. The number of aromatic nitrogens is 2. The van der Waals surface area contributed by atoms with Crippen LogP contribution >= 0.6 is 27.7 Å². The summed E-state index contributed by atoms with van der Waals surface area (Å²) in [6.07, 6.45) is 3.54. The van der Waals surface area contributed by atoms with Crippen LogP contribution in [0.3, 0.4) is 0 Å². The Balaban J connectivity index is 2.03. The third-order valence-corrected chi connectivity index (χ3v) is 4.16. The molecule has 0 saturated heterocycles. The van der Waals surface area contributed by atoms with Crippen LogP contribution in [0.5, 0.6) is 0 Å². The molecule has 0 amide bonds. The third-order valence-electron chi connectivity index (χ3n) is 2.74. The van der Waals surface area contributed by atoms with Crippen molar-refractivity contribution in [2.24, 2.45) is 5.73 Å². The standard InChI is InChI=1S/C13H16BrN3OS/c1-19-7-6-11(15)13-16-12(17-18-13)8-9-4-2-3-5-10(9)14/h2-5,11H,6-8,15H2,1H3. The molecule has 2 aromatic rings. The predicted molar refractivity (Wildman–Crippen MR) is 81.2 cm³/mol. The minimum Gasteiger partial charge on any atom is -0.338 e. The van der Waals surface area contributed by atoms with Gasteiger partial charge in [-0.3, -0.25) is 0 Å². The summed E-state index contributed by atoms with van der Waals surface area (Å²) >= 11 is 5.27. The van der Waals surface area contributed by atoms with Crippen molar-refractivity contribution in [3.8, 4) is 0 Å². The number of nitrogens with two attached hydrogens (primary N) is 1. The van der Waals surface area contributed by atoms with Crippen LogP contribution in [0.25, 0.3) is 0 Å². The van der Waals surface area contributed by atoms with Gasteiger partial charge in [-0.15, -0.1) is 0 Å². The molecule has 0 radical (unpaired) electrons. The molecule has 1 unspecified atom stereocenters. The van der Waals surface area contributed by atoms with E-state index in [1.54, 1.807) is 11.8 Å². The molecule has 1 atom stereocenters. The summed E-state index contributed by atoms with van der Waals surface area (Å²) in [7, 11) is 0. The van der Waals surface area contributed by atoms with E-state index in [9.17, 15) is 0 Å². The molecule has 0 saturated carbocycles. The van der Waals surface area contributed by atoms with Crippen LogP contribution in [0.1, 0.15) is 29.7 Å². The Kier molecular flexibility index (Phi) is 5.42. The molecule has 1 aromatic heterocycles. The van der Waals surface area contributed by atoms with E-state index in [-0.39, 0.29) is 6.04 Å². The lowest BCUT2D eigenvalue weighted by molar-refractivity contribution is 0.349. The van der Waals surface area contributed by atoms with E-state index in [0.29, 0.717) is 18.1 Å². The lowest BCUT2D eigenvalue weighted by Gasteiger charge is -2.03. The van der Waals surface area contributed by atoms with E-state index in [1.807, 2.05) is 24.3 Å². The Bertz CT molecular complexity index is 532. The number of benzene rings is 1. The summed E-state index contributed by atoms with van der Waals surface area (Å²) in [5, 5.41) is 3.99. The number of thioether (sulfide) groups is 1. The first-order chi connectivity index (χ1) is 9.20. The molecule has 2 rings (SSSR count). The second-order valence-electron chi connectivity index (χ2n) is 4.20. The molecule has 2 N–H and O–H groups in total. The number of halogens is 1. The van der Waals surface area contributed by atoms with Gasteiger partial charge >= 0.3 is 0 Å². The molecule has 102 valence electrons. The summed E-state index contributed by atoms with van der Waals surface area (Å²) in [5.41, 5.74) is 7.13.